The van der Waals surface area contributed by atoms with Crippen LogP contribution < -0.4 is 19.9 Å². The summed E-state index contributed by atoms with van der Waals surface area (Å²) < 4.78 is 27.6. The van der Waals surface area contributed by atoms with Gasteiger partial charge in [0, 0.05) is 12.0 Å². The van der Waals surface area contributed by atoms with Crippen molar-refractivity contribution in [2.75, 3.05) is 13.9 Å². The molecular weight excluding hydrogens is 330 g/mol. The smallest absolute Gasteiger partial charge is 0.231 e. The highest BCUT2D eigenvalue weighted by molar-refractivity contribution is 5.91. The molecule has 2 heterocycles. The molecule has 1 aromatic rings. The quantitative estimate of drug-likeness (QED) is 0.783. The summed E-state index contributed by atoms with van der Waals surface area (Å²) in [6.07, 6.45) is -2.94. The van der Waals surface area contributed by atoms with Gasteiger partial charge in [-0.2, -0.15) is 0 Å². The number of benzene rings is 1. The first kappa shape index (κ1) is 16.6. The van der Waals surface area contributed by atoms with Crippen molar-refractivity contribution in [1.82, 2.24) is 0 Å². The molecule has 3 aliphatic rings. The molecule has 0 radical (unpaired) electrons. The fourth-order valence-corrected chi connectivity index (χ4v) is 3.76. The van der Waals surface area contributed by atoms with E-state index in [0.717, 1.165) is 0 Å². The normalized spacial score (nSPS) is 35.6. The van der Waals surface area contributed by atoms with Crippen molar-refractivity contribution < 1.29 is 33.6 Å². The number of aliphatic hydroxyl groups is 1. The molecule has 0 aromatic heterocycles. The van der Waals surface area contributed by atoms with E-state index in [9.17, 15) is 9.90 Å². The molecule has 8 heteroatoms. The van der Waals surface area contributed by atoms with Crippen LogP contribution in [0, 0.1) is 0 Å². The lowest BCUT2D eigenvalue weighted by Crippen LogP contribution is -2.68. The van der Waals surface area contributed by atoms with Gasteiger partial charge in [-0.3, -0.25) is 4.79 Å². The Morgan fingerprint density at radius 3 is 2.68 bits per heavy atom. The summed E-state index contributed by atoms with van der Waals surface area (Å²) >= 11 is 0. The molecule has 0 unspecified atom stereocenters. The number of fused-ring (bicyclic) bond motifs is 3. The van der Waals surface area contributed by atoms with Crippen LogP contribution in [0.15, 0.2) is 12.1 Å². The highest BCUT2D eigenvalue weighted by atomic mass is 16.7. The molecule has 2 aliphatic heterocycles. The zero-order valence-electron chi connectivity index (χ0n) is 14.2. The van der Waals surface area contributed by atoms with Gasteiger partial charge in [-0.05, 0) is 31.5 Å². The minimum atomic E-state index is -1.13. The molecule has 136 valence electrons. The fraction of sp³-hybridized carbons (Fsp3) is 0.588. The Balaban J connectivity index is 1.80. The molecule has 2 bridgehead atoms. The molecule has 1 aliphatic carbocycles. The van der Waals surface area contributed by atoms with Gasteiger partial charge in [0.15, 0.2) is 23.1 Å². The van der Waals surface area contributed by atoms with Crippen LogP contribution in [0.25, 0.3) is 0 Å². The first-order valence-corrected chi connectivity index (χ1v) is 8.13. The second kappa shape index (κ2) is 5.57. The molecule has 25 heavy (non-hydrogen) atoms. The third-order valence-corrected chi connectivity index (χ3v) is 4.89. The molecule has 0 amide bonds. The van der Waals surface area contributed by atoms with Gasteiger partial charge in [-0.1, -0.05) is 0 Å². The Bertz CT molecular complexity index is 719. The van der Waals surface area contributed by atoms with Crippen LogP contribution in [0.2, 0.25) is 0 Å². The largest absolute Gasteiger partial charge is 0.493 e. The molecule has 3 N–H and O–H groups in total. The first-order chi connectivity index (χ1) is 11.8. The van der Waals surface area contributed by atoms with Gasteiger partial charge < -0.3 is 34.5 Å². The molecule has 1 saturated heterocycles. The number of methoxy groups -OCH3 is 1. The highest BCUT2D eigenvalue weighted by Crippen LogP contribution is 2.47. The summed E-state index contributed by atoms with van der Waals surface area (Å²) in [4.78, 5) is 12.7. The van der Waals surface area contributed by atoms with Crippen molar-refractivity contribution in [3.63, 3.8) is 0 Å². The van der Waals surface area contributed by atoms with E-state index in [4.69, 9.17) is 29.4 Å². The van der Waals surface area contributed by atoms with Gasteiger partial charge >= 0.3 is 0 Å². The monoisotopic (exact) mass is 351 g/mol. The third-order valence-electron chi connectivity index (χ3n) is 4.89. The van der Waals surface area contributed by atoms with E-state index in [1.54, 1.807) is 26.0 Å². The molecule has 5 atom stereocenters. The minimum absolute atomic E-state index is 0.0935. The van der Waals surface area contributed by atoms with E-state index in [1.165, 1.54) is 7.11 Å². The Morgan fingerprint density at radius 2 is 1.96 bits per heavy atom. The Kier molecular flexibility index (Phi) is 3.69. The Morgan fingerprint density at radius 1 is 1.24 bits per heavy atom. The van der Waals surface area contributed by atoms with Crippen LogP contribution in [-0.4, -0.2) is 54.9 Å². The van der Waals surface area contributed by atoms with Crippen molar-refractivity contribution in [3.8, 4) is 17.2 Å². The van der Waals surface area contributed by atoms with E-state index in [0.29, 0.717) is 22.8 Å². The van der Waals surface area contributed by atoms with Crippen molar-refractivity contribution in [2.45, 2.75) is 49.9 Å². The summed E-state index contributed by atoms with van der Waals surface area (Å²) in [5.41, 5.74) is 6.94. The van der Waals surface area contributed by atoms with Gasteiger partial charge in [-0.15, -0.1) is 0 Å². The van der Waals surface area contributed by atoms with Gasteiger partial charge in [0.1, 0.15) is 18.3 Å². The van der Waals surface area contributed by atoms with Crippen LogP contribution in [0.1, 0.15) is 25.3 Å². The zero-order chi connectivity index (χ0) is 17.9. The lowest BCUT2D eigenvalue weighted by Gasteiger charge is -2.50. The molecule has 4 rings (SSSR count). The van der Waals surface area contributed by atoms with E-state index in [1.807, 2.05) is 0 Å². The predicted octanol–water partition coefficient (Wildman–Crippen LogP) is 0.298. The third kappa shape index (κ3) is 2.48. The number of carbonyl (C=O) groups excluding carboxylic acids is 1. The number of hydrogen-bond acceptors (Lipinski definition) is 8. The molecule has 1 aromatic carbocycles. The van der Waals surface area contributed by atoms with Gasteiger partial charge in [-0.25, -0.2) is 0 Å². The average Bonchev–Trinajstić information content (AvgIpc) is 3.03. The number of ketones is 1. The molecule has 0 spiro atoms. The number of carbonyl (C=O) groups is 1. The number of nitrogens with two attached hydrogens (primary N) is 1. The van der Waals surface area contributed by atoms with Crippen molar-refractivity contribution in [2.24, 2.45) is 5.73 Å². The summed E-state index contributed by atoms with van der Waals surface area (Å²) in [5, 5.41) is 10.5. The number of rotatable bonds is 2. The molecule has 1 saturated carbocycles. The Labute approximate surface area is 144 Å². The van der Waals surface area contributed by atoms with E-state index >= 15 is 0 Å². The summed E-state index contributed by atoms with van der Waals surface area (Å²) in [7, 11) is 1.52. The predicted molar refractivity (Wildman–Crippen MR) is 84.7 cm³/mol. The lowest BCUT2D eigenvalue weighted by molar-refractivity contribution is -0.307. The van der Waals surface area contributed by atoms with Crippen LogP contribution in [0.4, 0.5) is 0 Å². The number of Topliss-reactive ketones (excluding diaryl/α,β-unsaturated/α-hetero) is 1. The second-order valence-corrected chi connectivity index (χ2v) is 6.93. The van der Waals surface area contributed by atoms with Gasteiger partial charge in [0.05, 0.1) is 7.11 Å². The highest BCUT2D eigenvalue weighted by Gasteiger charge is 2.56. The van der Waals surface area contributed by atoms with Crippen LogP contribution in [-0.2, 0) is 14.3 Å². The summed E-state index contributed by atoms with van der Waals surface area (Å²) in [6.45, 7) is 3.51. The number of ether oxygens (including phenoxy) is 5. The van der Waals surface area contributed by atoms with Crippen LogP contribution in [0.5, 0.6) is 17.2 Å². The molecule has 8 nitrogen and oxygen atoms in total. The van der Waals surface area contributed by atoms with Crippen molar-refractivity contribution >= 4 is 5.78 Å². The zero-order valence-corrected chi connectivity index (χ0v) is 14.2. The maximum atomic E-state index is 12.7. The minimum Gasteiger partial charge on any atom is -0.493 e. The lowest BCUT2D eigenvalue weighted by atomic mass is 9.73. The van der Waals surface area contributed by atoms with Crippen molar-refractivity contribution in [1.29, 1.82) is 0 Å². The van der Waals surface area contributed by atoms with Crippen molar-refractivity contribution in [3.05, 3.63) is 17.7 Å². The first-order valence-electron chi connectivity index (χ1n) is 8.13. The van der Waals surface area contributed by atoms with Gasteiger partial charge in [0.25, 0.3) is 0 Å². The van der Waals surface area contributed by atoms with Gasteiger partial charge in [0.2, 0.25) is 12.5 Å². The van der Waals surface area contributed by atoms with E-state index in [-0.39, 0.29) is 12.6 Å². The Hall–Kier alpha value is -1.87. The topological polar surface area (TPSA) is 109 Å². The summed E-state index contributed by atoms with van der Waals surface area (Å²) in [5.74, 6) is -0.373. The maximum absolute atomic E-state index is 12.7. The average molecular weight is 351 g/mol. The van der Waals surface area contributed by atoms with Crippen LogP contribution >= 0.6 is 0 Å². The van der Waals surface area contributed by atoms with Crippen LogP contribution in [0.3, 0.4) is 0 Å². The van der Waals surface area contributed by atoms with E-state index in [2.05, 4.69) is 0 Å². The SMILES string of the molecule is COc1cc([C@@H]2[C@@H](N)[C@H](O)[C@@H]3OC(C)(C)O[C@H]2C3=O)cc2c1OCO2. The van der Waals surface area contributed by atoms with E-state index < -0.39 is 36.1 Å². The number of hydrogen-bond donors (Lipinski definition) is 2. The summed E-state index contributed by atoms with van der Waals surface area (Å²) in [6, 6.07) is 2.75. The second-order valence-electron chi connectivity index (χ2n) is 6.93. The molecular formula is C17H21NO7. The number of aliphatic hydroxyl groups excluding tert-OH is 1. The standard InChI is InChI=1S/C17H21NO7/c1-17(2)24-15-10(11(18)12(19)16(25-17)13(15)20)7-4-8(21-3)14-9(5-7)22-6-23-14/h4-5,10-12,15-16,19H,6,18H2,1-3H3/t10-,11-,12+,15-,16+/m1/s1. The maximum Gasteiger partial charge on any atom is 0.231 e. The molecule has 2 fully saturated rings. The fourth-order valence-electron chi connectivity index (χ4n) is 3.76.